The molecule has 18 heavy (non-hydrogen) atoms. The number of benzene rings is 2. The van der Waals surface area contributed by atoms with Gasteiger partial charge in [-0.1, -0.05) is 36.4 Å². The highest BCUT2D eigenvalue weighted by atomic mass is 16.7. The molecule has 0 bridgehead atoms. The molecule has 0 N–H and O–H groups in total. The molecule has 1 amide bonds. The Morgan fingerprint density at radius 1 is 1.17 bits per heavy atom. The van der Waals surface area contributed by atoms with E-state index in [4.69, 9.17) is 4.84 Å². The summed E-state index contributed by atoms with van der Waals surface area (Å²) in [5.74, 6) is -0.187. The predicted octanol–water partition coefficient (Wildman–Crippen LogP) is 2.79. The van der Waals surface area contributed by atoms with Crippen LogP contribution in [-0.2, 0) is 4.84 Å². The fourth-order valence-corrected chi connectivity index (χ4v) is 1.62. The maximum absolute atomic E-state index is 11.8. The largest absolute Gasteiger partial charge is 0.277 e. The summed E-state index contributed by atoms with van der Waals surface area (Å²) < 4.78 is 0. The van der Waals surface area contributed by atoms with Gasteiger partial charge in [0.15, 0.2) is 0 Å². The molecule has 2 aromatic rings. The molecule has 91 valence electrons. The summed E-state index contributed by atoms with van der Waals surface area (Å²) in [6, 6.07) is 18.4. The molecule has 0 saturated carbocycles. The van der Waals surface area contributed by atoms with Gasteiger partial charge < -0.3 is 0 Å². The lowest BCUT2D eigenvalue weighted by Crippen LogP contribution is -2.25. The van der Waals surface area contributed by atoms with E-state index in [-0.39, 0.29) is 5.91 Å². The van der Waals surface area contributed by atoms with Crippen molar-refractivity contribution >= 4 is 5.91 Å². The highest BCUT2D eigenvalue weighted by molar-refractivity contribution is 5.93. The maximum Gasteiger partial charge on any atom is 0.277 e. The van der Waals surface area contributed by atoms with Gasteiger partial charge in [0.1, 0.15) is 0 Å². The van der Waals surface area contributed by atoms with Crippen molar-refractivity contribution in [2.24, 2.45) is 0 Å². The lowest BCUT2D eigenvalue weighted by molar-refractivity contribution is -0.0756. The predicted molar refractivity (Wildman–Crippen MR) is 69.8 cm³/mol. The van der Waals surface area contributed by atoms with Crippen molar-refractivity contribution in [3.63, 3.8) is 0 Å². The molecule has 0 atom stereocenters. The number of hydrogen-bond acceptors (Lipinski definition) is 2. The minimum Gasteiger partial charge on any atom is -0.274 e. The molecular weight excluding hydrogens is 226 g/mol. The van der Waals surface area contributed by atoms with Crippen molar-refractivity contribution in [2.45, 2.75) is 0 Å². The second-order valence-corrected chi connectivity index (χ2v) is 3.84. The highest BCUT2D eigenvalue weighted by Crippen LogP contribution is 2.19. The smallest absolute Gasteiger partial charge is 0.274 e. The normalized spacial score (nSPS) is 10.1. The zero-order valence-electron chi connectivity index (χ0n) is 10.4. The van der Waals surface area contributed by atoms with E-state index in [0.717, 1.165) is 11.1 Å². The van der Waals surface area contributed by atoms with Crippen LogP contribution in [0.1, 0.15) is 10.4 Å². The van der Waals surface area contributed by atoms with Gasteiger partial charge in [0.05, 0.1) is 7.11 Å². The third kappa shape index (κ3) is 2.57. The van der Waals surface area contributed by atoms with Gasteiger partial charge in [0.25, 0.3) is 5.91 Å². The number of carbonyl (C=O) groups is 1. The first-order valence-electron chi connectivity index (χ1n) is 5.61. The van der Waals surface area contributed by atoms with Gasteiger partial charge in [-0.3, -0.25) is 9.63 Å². The zero-order valence-corrected chi connectivity index (χ0v) is 10.4. The number of carbonyl (C=O) groups excluding carboxylic acids is 1. The summed E-state index contributed by atoms with van der Waals surface area (Å²) in [5.41, 5.74) is 2.60. The highest BCUT2D eigenvalue weighted by Gasteiger charge is 2.10. The number of rotatable bonds is 3. The fourth-order valence-electron chi connectivity index (χ4n) is 1.62. The maximum atomic E-state index is 11.8. The molecule has 0 aliphatic carbocycles. The summed E-state index contributed by atoms with van der Waals surface area (Å²) >= 11 is 0. The first-order chi connectivity index (χ1) is 8.72. The second-order valence-electron chi connectivity index (χ2n) is 3.84. The summed E-state index contributed by atoms with van der Waals surface area (Å²) in [6.07, 6.45) is 0. The van der Waals surface area contributed by atoms with Crippen LogP contribution in [0.15, 0.2) is 48.5 Å². The number of hydroxylamine groups is 2. The average molecular weight is 240 g/mol. The van der Waals surface area contributed by atoms with Crippen LogP contribution in [-0.4, -0.2) is 25.1 Å². The van der Waals surface area contributed by atoms with Crippen molar-refractivity contribution in [1.82, 2.24) is 5.06 Å². The Balaban J connectivity index is 2.23. The lowest BCUT2D eigenvalue weighted by atomic mass is 10.0. The number of nitrogens with zero attached hydrogens (tertiary/aromatic N) is 1. The molecule has 0 aliphatic rings. The van der Waals surface area contributed by atoms with E-state index in [9.17, 15) is 4.79 Å². The molecule has 2 aromatic carbocycles. The molecule has 3 heteroatoms. The SMILES string of the molecule is CON(C)C(=O)c1c[c]c(-c2ccccc2)cc1. The molecular formula is C15H14NO2. The molecule has 0 aliphatic heterocycles. The third-order valence-corrected chi connectivity index (χ3v) is 2.70. The van der Waals surface area contributed by atoms with Crippen LogP contribution in [0.3, 0.4) is 0 Å². The minimum atomic E-state index is -0.187. The van der Waals surface area contributed by atoms with Crippen molar-refractivity contribution in [1.29, 1.82) is 0 Å². The Morgan fingerprint density at radius 3 is 2.44 bits per heavy atom. The van der Waals surface area contributed by atoms with E-state index in [1.54, 1.807) is 19.2 Å². The second kappa shape index (κ2) is 5.47. The van der Waals surface area contributed by atoms with Crippen LogP contribution in [0.5, 0.6) is 0 Å². The molecule has 0 unspecified atom stereocenters. The van der Waals surface area contributed by atoms with Gasteiger partial charge >= 0.3 is 0 Å². The van der Waals surface area contributed by atoms with Gasteiger partial charge in [-0.15, -0.1) is 0 Å². The van der Waals surface area contributed by atoms with Crippen molar-refractivity contribution in [3.8, 4) is 11.1 Å². The Hall–Kier alpha value is -2.13. The molecule has 0 heterocycles. The average Bonchev–Trinajstić information content (AvgIpc) is 2.47. The quantitative estimate of drug-likeness (QED) is 0.772. The van der Waals surface area contributed by atoms with E-state index in [1.165, 1.54) is 12.2 Å². The zero-order chi connectivity index (χ0) is 13.0. The van der Waals surface area contributed by atoms with E-state index >= 15 is 0 Å². The third-order valence-electron chi connectivity index (χ3n) is 2.70. The molecule has 0 saturated heterocycles. The summed E-state index contributed by atoms with van der Waals surface area (Å²) in [6.45, 7) is 0. The van der Waals surface area contributed by atoms with Crippen molar-refractivity contribution < 1.29 is 9.63 Å². The Labute approximate surface area is 107 Å². The Bertz CT molecular complexity index is 520. The summed E-state index contributed by atoms with van der Waals surface area (Å²) in [5, 5.41) is 1.19. The number of amides is 1. The van der Waals surface area contributed by atoms with E-state index in [2.05, 4.69) is 6.07 Å². The van der Waals surface area contributed by atoms with Crippen LogP contribution in [0, 0.1) is 6.07 Å². The Kier molecular flexibility index (Phi) is 3.75. The lowest BCUT2D eigenvalue weighted by Gasteiger charge is -2.13. The summed E-state index contributed by atoms with van der Waals surface area (Å²) in [4.78, 5) is 16.7. The molecule has 3 nitrogen and oxygen atoms in total. The van der Waals surface area contributed by atoms with Crippen LogP contribution >= 0.6 is 0 Å². The van der Waals surface area contributed by atoms with Gasteiger partial charge in [-0.25, -0.2) is 5.06 Å². The van der Waals surface area contributed by atoms with E-state index in [1.807, 2.05) is 36.4 Å². The first kappa shape index (κ1) is 12.3. The molecule has 0 spiro atoms. The molecule has 0 aromatic heterocycles. The topological polar surface area (TPSA) is 29.5 Å². The van der Waals surface area contributed by atoms with Crippen molar-refractivity contribution in [2.75, 3.05) is 14.2 Å². The molecule has 0 fully saturated rings. The van der Waals surface area contributed by atoms with E-state index < -0.39 is 0 Å². The first-order valence-corrected chi connectivity index (χ1v) is 5.61. The Morgan fingerprint density at radius 2 is 1.89 bits per heavy atom. The fraction of sp³-hybridized carbons (Fsp3) is 0.133. The van der Waals surface area contributed by atoms with E-state index in [0.29, 0.717) is 5.56 Å². The van der Waals surface area contributed by atoms with Crippen LogP contribution in [0.4, 0.5) is 0 Å². The van der Waals surface area contributed by atoms with Gasteiger partial charge in [0.2, 0.25) is 0 Å². The van der Waals surface area contributed by atoms with Crippen LogP contribution in [0.25, 0.3) is 11.1 Å². The number of hydrogen-bond donors (Lipinski definition) is 0. The standard InChI is InChI=1S/C15H14NO2/c1-16(18-2)15(17)14-10-8-13(9-11-14)12-6-4-3-5-7-12/h3-8,10-11H,1-2H3. The van der Waals surface area contributed by atoms with Crippen molar-refractivity contribution in [3.05, 3.63) is 60.2 Å². The van der Waals surface area contributed by atoms with Gasteiger partial charge in [-0.2, -0.15) is 0 Å². The van der Waals surface area contributed by atoms with Crippen LogP contribution in [0.2, 0.25) is 0 Å². The van der Waals surface area contributed by atoms with Gasteiger partial charge in [0, 0.05) is 12.6 Å². The molecule has 2 rings (SSSR count). The molecule has 1 radical (unpaired) electrons. The summed E-state index contributed by atoms with van der Waals surface area (Å²) in [7, 11) is 3.04. The van der Waals surface area contributed by atoms with Gasteiger partial charge in [-0.05, 0) is 29.3 Å². The van der Waals surface area contributed by atoms with Crippen LogP contribution < -0.4 is 0 Å². The monoisotopic (exact) mass is 240 g/mol. The minimum absolute atomic E-state index is 0.187.